The molecule has 0 radical (unpaired) electrons. The van der Waals surface area contributed by atoms with Crippen molar-refractivity contribution in [2.45, 2.75) is 24.8 Å². The number of carbonyl (C=O) groups excluding carboxylic acids is 1. The quantitative estimate of drug-likeness (QED) is 0.636. The van der Waals surface area contributed by atoms with Crippen molar-refractivity contribution < 1.29 is 13.9 Å². The summed E-state index contributed by atoms with van der Waals surface area (Å²) in [4.78, 5) is 15.3. The average molecular weight is 370 g/mol. The molecule has 0 fully saturated rings. The van der Waals surface area contributed by atoms with Crippen molar-refractivity contribution in [3.05, 3.63) is 54.3 Å². The zero-order valence-corrected chi connectivity index (χ0v) is 16.1. The van der Waals surface area contributed by atoms with Crippen molar-refractivity contribution >= 4 is 34.5 Å². The minimum Gasteiger partial charge on any atom is -0.490 e. The van der Waals surface area contributed by atoms with Crippen LogP contribution in [0.1, 0.15) is 24.4 Å². The van der Waals surface area contributed by atoms with Gasteiger partial charge in [-0.05, 0) is 56.1 Å². The minimum atomic E-state index is -0.281. The van der Waals surface area contributed by atoms with Crippen LogP contribution in [0.3, 0.4) is 0 Å². The van der Waals surface area contributed by atoms with Crippen LogP contribution in [0.5, 0.6) is 5.75 Å². The van der Waals surface area contributed by atoms with Crippen LogP contribution in [0.15, 0.2) is 57.8 Å². The Morgan fingerprint density at radius 3 is 2.65 bits per heavy atom. The van der Waals surface area contributed by atoms with E-state index in [1.54, 1.807) is 6.07 Å². The van der Waals surface area contributed by atoms with E-state index in [0.29, 0.717) is 5.58 Å². The molecule has 0 aliphatic heterocycles. The first-order valence-electron chi connectivity index (χ1n) is 8.38. The maximum Gasteiger partial charge on any atom is 0.297 e. The lowest BCUT2D eigenvalue weighted by Crippen LogP contribution is -2.15. The Morgan fingerprint density at radius 1 is 1.15 bits per heavy atom. The van der Waals surface area contributed by atoms with E-state index >= 15 is 0 Å². The lowest BCUT2D eigenvalue weighted by atomic mass is 10.2. The number of furan rings is 1. The van der Waals surface area contributed by atoms with E-state index in [1.165, 1.54) is 11.9 Å². The fourth-order valence-electron chi connectivity index (χ4n) is 2.45. The van der Waals surface area contributed by atoms with Gasteiger partial charge in [0.15, 0.2) is 5.76 Å². The molecule has 3 rings (SSSR count). The minimum absolute atomic E-state index is 0.0636. The number of amides is 1. The number of rotatable bonds is 6. The van der Waals surface area contributed by atoms with E-state index in [4.69, 9.17) is 9.15 Å². The molecule has 0 aliphatic carbocycles. The number of hydrogen-bond donors (Lipinski definition) is 1. The predicted octanol–water partition coefficient (Wildman–Crippen LogP) is 4.72. The molecule has 3 aromatic rings. The molecule has 0 saturated heterocycles. The van der Waals surface area contributed by atoms with Gasteiger partial charge >= 0.3 is 0 Å². The van der Waals surface area contributed by atoms with Gasteiger partial charge in [0, 0.05) is 31.2 Å². The molecular formula is C20H22N2O3S. The third-order valence-electron chi connectivity index (χ3n) is 3.71. The first-order chi connectivity index (χ1) is 12.4. The summed E-state index contributed by atoms with van der Waals surface area (Å²) in [5.41, 5.74) is 1.71. The fraction of sp³-hybridized carbons (Fsp3) is 0.250. The molecule has 1 amide bonds. The topological polar surface area (TPSA) is 54.7 Å². The maximum atomic E-state index is 12.5. The largest absolute Gasteiger partial charge is 0.490 e. The molecule has 26 heavy (non-hydrogen) atoms. The second-order valence-electron chi connectivity index (χ2n) is 6.37. The summed E-state index contributed by atoms with van der Waals surface area (Å²) in [6.07, 6.45) is 0.0636. The molecule has 6 heteroatoms. The third kappa shape index (κ3) is 4.14. The highest BCUT2D eigenvalue weighted by atomic mass is 32.2. The molecule has 0 bridgehead atoms. The van der Waals surface area contributed by atoms with Crippen LogP contribution in [-0.4, -0.2) is 26.1 Å². The van der Waals surface area contributed by atoms with E-state index in [2.05, 4.69) is 4.72 Å². The Bertz CT molecular complexity index is 918. The predicted molar refractivity (Wildman–Crippen MR) is 106 cm³/mol. The van der Waals surface area contributed by atoms with Crippen LogP contribution < -0.4 is 14.4 Å². The van der Waals surface area contributed by atoms with Gasteiger partial charge < -0.3 is 14.1 Å². The van der Waals surface area contributed by atoms with Crippen molar-refractivity contribution in [1.82, 2.24) is 4.72 Å². The molecule has 0 saturated carbocycles. The van der Waals surface area contributed by atoms with E-state index in [9.17, 15) is 4.79 Å². The van der Waals surface area contributed by atoms with Gasteiger partial charge in [0.25, 0.3) is 5.91 Å². The van der Waals surface area contributed by atoms with E-state index in [-0.39, 0.29) is 17.8 Å². The molecule has 1 heterocycles. The van der Waals surface area contributed by atoms with Crippen LogP contribution >= 0.6 is 11.9 Å². The van der Waals surface area contributed by atoms with Crippen molar-refractivity contribution in [2.24, 2.45) is 0 Å². The van der Waals surface area contributed by atoms with Crippen molar-refractivity contribution in [2.75, 3.05) is 19.0 Å². The van der Waals surface area contributed by atoms with Crippen molar-refractivity contribution in [1.29, 1.82) is 0 Å². The first kappa shape index (κ1) is 18.2. The van der Waals surface area contributed by atoms with Gasteiger partial charge in [-0.3, -0.25) is 9.52 Å². The molecule has 2 aromatic carbocycles. The summed E-state index contributed by atoms with van der Waals surface area (Å²) < 4.78 is 14.3. The van der Waals surface area contributed by atoms with Crippen LogP contribution in [0.2, 0.25) is 0 Å². The van der Waals surface area contributed by atoms with E-state index in [1.807, 2.05) is 75.3 Å². The standard InChI is InChI=1S/C20H22N2O3S/c1-13(2)24-16-7-5-6-8-19(16)26-21-20(23)18-11-14-9-10-15(22(3)4)12-17(14)25-18/h5-13H,1-4H3,(H,21,23). The van der Waals surface area contributed by atoms with Crippen LogP contribution in [0.4, 0.5) is 5.69 Å². The summed E-state index contributed by atoms with van der Waals surface area (Å²) in [5, 5.41) is 0.897. The molecule has 136 valence electrons. The number of anilines is 1. The Morgan fingerprint density at radius 2 is 1.92 bits per heavy atom. The average Bonchev–Trinajstić information content (AvgIpc) is 3.03. The summed E-state index contributed by atoms with van der Waals surface area (Å²) in [5.74, 6) is 0.746. The monoisotopic (exact) mass is 370 g/mol. The molecule has 0 aliphatic rings. The zero-order valence-electron chi connectivity index (χ0n) is 15.3. The summed E-state index contributed by atoms with van der Waals surface area (Å²) in [7, 11) is 3.93. The van der Waals surface area contributed by atoms with Crippen LogP contribution in [-0.2, 0) is 0 Å². The number of fused-ring (bicyclic) bond motifs is 1. The number of carbonyl (C=O) groups is 1. The third-order valence-corrected chi connectivity index (χ3v) is 4.55. The fourth-order valence-corrected chi connectivity index (χ4v) is 3.11. The highest BCUT2D eigenvalue weighted by molar-refractivity contribution is 7.98. The van der Waals surface area contributed by atoms with Gasteiger partial charge in [-0.15, -0.1) is 0 Å². The number of benzene rings is 2. The van der Waals surface area contributed by atoms with Gasteiger partial charge in [-0.1, -0.05) is 12.1 Å². The first-order valence-corrected chi connectivity index (χ1v) is 9.19. The number of nitrogens with zero attached hydrogens (tertiary/aromatic N) is 1. The van der Waals surface area contributed by atoms with Crippen molar-refractivity contribution in [3.8, 4) is 5.75 Å². The molecule has 1 aromatic heterocycles. The van der Waals surface area contributed by atoms with E-state index in [0.717, 1.165) is 21.7 Å². The Hall–Kier alpha value is -2.60. The second-order valence-corrected chi connectivity index (χ2v) is 7.22. The number of ether oxygens (including phenoxy) is 1. The molecule has 1 N–H and O–H groups in total. The highest BCUT2D eigenvalue weighted by Crippen LogP contribution is 2.29. The Kier molecular flexibility index (Phi) is 5.42. The molecule has 5 nitrogen and oxygen atoms in total. The van der Waals surface area contributed by atoms with Crippen molar-refractivity contribution in [3.63, 3.8) is 0 Å². The molecular weight excluding hydrogens is 348 g/mol. The lowest BCUT2D eigenvalue weighted by Gasteiger charge is -2.13. The van der Waals surface area contributed by atoms with Crippen LogP contribution in [0.25, 0.3) is 11.0 Å². The number of nitrogens with one attached hydrogen (secondary N) is 1. The van der Waals surface area contributed by atoms with Gasteiger partial charge in [-0.25, -0.2) is 0 Å². The summed E-state index contributed by atoms with van der Waals surface area (Å²) in [6, 6.07) is 15.2. The van der Waals surface area contributed by atoms with E-state index < -0.39 is 0 Å². The van der Waals surface area contributed by atoms with Gasteiger partial charge in [0.05, 0.1) is 11.0 Å². The molecule has 0 unspecified atom stereocenters. The second kappa shape index (κ2) is 7.74. The van der Waals surface area contributed by atoms with Gasteiger partial charge in [-0.2, -0.15) is 0 Å². The smallest absolute Gasteiger partial charge is 0.297 e. The molecule has 0 spiro atoms. The van der Waals surface area contributed by atoms with Crippen LogP contribution in [0, 0.1) is 0 Å². The SMILES string of the molecule is CC(C)Oc1ccccc1SNC(=O)c1cc2ccc(N(C)C)cc2o1. The Labute approximate surface area is 157 Å². The highest BCUT2D eigenvalue weighted by Gasteiger charge is 2.14. The zero-order chi connectivity index (χ0) is 18.7. The maximum absolute atomic E-state index is 12.5. The Balaban J connectivity index is 1.74. The number of hydrogen-bond acceptors (Lipinski definition) is 5. The normalized spacial score (nSPS) is 11.0. The lowest BCUT2D eigenvalue weighted by molar-refractivity contribution is 0.0959. The summed E-state index contributed by atoms with van der Waals surface area (Å²) >= 11 is 1.22. The van der Waals surface area contributed by atoms with Gasteiger partial charge in [0.1, 0.15) is 11.3 Å². The van der Waals surface area contributed by atoms with Gasteiger partial charge in [0.2, 0.25) is 0 Å². The summed E-state index contributed by atoms with van der Waals surface area (Å²) in [6.45, 7) is 3.94. The molecule has 0 atom stereocenters. The number of para-hydroxylation sites is 1.